The molecular formula is C14H17N5O2. The topological polar surface area (TPSA) is 92.9 Å². The second-order valence-electron chi connectivity index (χ2n) is 5.32. The van der Waals surface area contributed by atoms with Crippen LogP contribution in [0.15, 0.2) is 30.3 Å². The van der Waals surface area contributed by atoms with Crippen molar-refractivity contribution in [3.05, 3.63) is 30.3 Å². The lowest BCUT2D eigenvalue weighted by atomic mass is 9.82. The first-order valence-electron chi connectivity index (χ1n) is 7.07. The zero-order valence-electron chi connectivity index (χ0n) is 11.6. The van der Waals surface area contributed by atoms with Crippen molar-refractivity contribution < 1.29 is 9.90 Å². The molecule has 0 atom stereocenters. The van der Waals surface area contributed by atoms with Crippen molar-refractivity contribution >= 4 is 11.9 Å². The van der Waals surface area contributed by atoms with E-state index in [1.165, 1.54) is 4.68 Å². The first-order chi connectivity index (χ1) is 10.2. The highest BCUT2D eigenvalue weighted by atomic mass is 16.4. The van der Waals surface area contributed by atoms with Gasteiger partial charge in [0.25, 0.3) is 0 Å². The van der Waals surface area contributed by atoms with Crippen LogP contribution in [0, 0.1) is 0 Å². The molecule has 2 N–H and O–H groups in total. The smallest absolute Gasteiger partial charge is 0.329 e. The van der Waals surface area contributed by atoms with Crippen LogP contribution in [-0.2, 0) is 4.79 Å². The Hall–Kier alpha value is -2.44. The Bertz CT molecular complexity index is 619. The van der Waals surface area contributed by atoms with Crippen molar-refractivity contribution in [3.8, 4) is 5.69 Å². The lowest BCUT2D eigenvalue weighted by Crippen LogP contribution is -2.48. The molecule has 2 aromatic rings. The Balaban J connectivity index is 1.91. The second kappa shape index (κ2) is 5.51. The lowest BCUT2D eigenvalue weighted by Gasteiger charge is -2.33. The van der Waals surface area contributed by atoms with Gasteiger partial charge in [-0.1, -0.05) is 42.6 Å². The lowest BCUT2D eigenvalue weighted by molar-refractivity contribution is -0.143. The summed E-state index contributed by atoms with van der Waals surface area (Å²) in [5.41, 5.74) is -0.180. The molecule has 0 unspecified atom stereocenters. The van der Waals surface area contributed by atoms with Gasteiger partial charge in [-0.25, -0.2) is 4.79 Å². The Labute approximate surface area is 122 Å². The van der Waals surface area contributed by atoms with Crippen LogP contribution in [-0.4, -0.2) is 36.8 Å². The average molecular weight is 287 g/mol. The van der Waals surface area contributed by atoms with Crippen LogP contribution < -0.4 is 5.32 Å². The second-order valence-corrected chi connectivity index (χ2v) is 5.32. The monoisotopic (exact) mass is 287 g/mol. The number of anilines is 1. The van der Waals surface area contributed by atoms with E-state index in [-0.39, 0.29) is 0 Å². The van der Waals surface area contributed by atoms with Gasteiger partial charge in [0.05, 0.1) is 5.69 Å². The van der Waals surface area contributed by atoms with E-state index in [2.05, 4.69) is 20.8 Å². The molecule has 1 aliphatic carbocycles. The molecule has 0 bridgehead atoms. The predicted molar refractivity (Wildman–Crippen MR) is 76.2 cm³/mol. The highest BCUT2D eigenvalue weighted by molar-refractivity contribution is 5.82. The zero-order chi connectivity index (χ0) is 14.7. The van der Waals surface area contributed by atoms with Crippen LogP contribution >= 0.6 is 0 Å². The fraction of sp³-hybridized carbons (Fsp3) is 0.429. The summed E-state index contributed by atoms with van der Waals surface area (Å²) < 4.78 is 1.53. The third-order valence-corrected chi connectivity index (χ3v) is 3.94. The van der Waals surface area contributed by atoms with Crippen molar-refractivity contribution in [2.75, 3.05) is 5.32 Å². The van der Waals surface area contributed by atoms with Crippen molar-refractivity contribution in [2.24, 2.45) is 0 Å². The Kier molecular flexibility index (Phi) is 3.55. The molecule has 0 spiro atoms. The third kappa shape index (κ3) is 2.58. The standard InChI is InChI=1S/C14H17N5O2/c20-12(21)14(9-5-2-6-10-14)15-13-16-17-18-19(13)11-7-3-1-4-8-11/h1,3-4,7-8H,2,5-6,9-10H2,(H,20,21)(H,15,16,18). The van der Waals surface area contributed by atoms with Crippen LogP contribution in [0.4, 0.5) is 5.95 Å². The van der Waals surface area contributed by atoms with E-state index < -0.39 is 11.5 Å². The van der Waals surface area contributed by atoms with Crippen molar-refractivity contribution in [1.82, 2.24) is 20.2 Å². The summed E-state index contributed by atoms with van der Waals surface area (Å²) in [5.74, 6) is -0.477. The number of aliphatic carboxylic acids is 1. The summed E-state index contributed by atoms with van der Waals surface area (Å²) in [5, 5.41) is 24.2. The quantitative estimate of drug-likeness (QED) is 0.891. The van der Waals surface area contributed by atoms with Crippen LogP contribution in [0.1, 0.15) is 32.1 Å². The maximum Gasteiger partial charge on any atom is 0.329 e. The van der Waals surface area contributed by atoms with Gasteiger partial charge in [0, 0.05) is 0 Å². The fourth-order valence-electron chi connectivity index (χ4n) is 2.77. The van der Waals surface area contributed by atoms with Gasteiger partial charge in [0.2, 0.25) is 5.95 Å². The molecule has 0 radical (unpaired) electrons. The summed E-state index contributed by atoms with van der Waals surface area (Å²) in [6.07, 6.45) is 4.03. The van der Waals surface area contributed by atoms with E-state index in [1.807, 2.05) is 30.3 Å². The van der Waals surface area contributed by atoms with E-state index in [0.29, 0.717) is 18.8 Å². The summed E-state index contributed by atoms with van der Waals surface area (Å²) in [6, 6.07) is 9.41. The molecule has 0 amide bonds. The minimum absolute atomic E-state index is 0.366. The molecule has 3 rings (SSSR count). The molecule has 7 nitrogen and oxygen atoms in total. The number of benzene rings is 1. The van der Waals surface area contributed by atoms with Crippen LogP contribution in [0.25, 0.3) is 5.69 Å². The van der Waals surface area contributed by atoms with Crippen LogP contribution in [0.2, 0.25) is 0 Å². The number of carbonyl (C=O) groups is 1. The fourth-order valence-corrected chi connectivity index (χ4v) is 2.77. The number of carboxylic acid groups (broad SMARTS) is 1. The zero-order valence-corrected chi connectivity index (χ0v) is 11.6. The molecule has 7 heteroatoms. The Morgan fingerprint density at radius 3 is 2.57 bits per heavy atom. The van der Waals surface area contributed by atoms with Gasteiger partial charge in [0.1, 0.15) is 5.54 Å². The third-order valence-electron chi connectivity index (χ3n) is 3.94. The first-order valence-corrected chi connectivity index (χ1v) is 7.07. The van der Waals surface area contributed by atoms with Gasteiger partial charge < -0.3 is 10.4 Å². The molecule has 1 saturated carbocycles. The maximum atomic E-state index is 11.7. The number of tetrazole rings is 1. The maximum absolute atomic E-state index is 11.7. The number of nitrogens with zero attached hydrogens (tertiary/aromatic N) is 4. The molecule has 0 aliphatic heterocycles. The van der Waals surface area contributed by atoms with Gasteiger partial charge in [-0.05, 0) is 35.4 Å². The summed E-state index contributed by atoms with van der Waals surface area (Å²) in [7, 11) is 0. The van der Waals surface area contributed by atoms with Crippen molar-refractivity contribution in [3.63, 3.8) is 0 Å². The summed E-state index contributed by atoms with van der Waals surface area (Å²) in [4.78, 5) is 11.7. The average Bonchev–Trinajstić information content (AvgIpc) is 2.97. The molecule has 1 aromatic heterocycles. The SMILES string of the molecule is O=C(O)C1(Nc2nnnn2-c2ccccc2)CCCCC1. The number of nitrogens with one attached hydrogen (secondary N) is 1. The van der Waals surface area contributed by atoms with Crippen molar-refractivity contribution in [1.29, 1.82) is 0 Å². The molecular weight excluding hydrogens is 270 g/mol. The normalized spacial score (nSPS) is 17.3. The van der Waals surface area contributed by atoms with E-state index in [1.54, 1.807) is 0 Å². The van der Waals surface area contributed by atoms with E-state index >= 15 is 0 Å². The number of hydrogen-bond acceptors (Lipinski definition) is 5. The van der Waals surface area contributed by atoms with E-state index in [4.69, 9.17) is 0 Å². The molecule has 0 saturated heterocycles. The van der Waals surface area contributed by atoms with Gasteiger partial charge in [-0.15, -0.1) is 0 Å². The largest absolute Gasteiger partial charge is 0.480 e. The number of rotatable bonds is 4. The number of aromatic nitrogens is 4. The minimum atomic E-state index is -0.973. The molecule has 1 aromatic carbocycles. The predicted octanol–water partition coefficient (Wildman–Crippen LogP) is 1.86. The van der Waals surface area contributed by atoms with Crippen LogP contribution in [0.5, 0.6) is 0 Å². The van der Waals surface area contributed by atoms with Crippen LogP contribution in [0.3, 0.4) is 0 Å². The van der Waals surface area contributed by atoms with E-state index in [0.717, 1.165) is 24.9 Å². The van der Waals surface area contributed by atoms with E-state index in [9.17, 15) is 9.90 Å². The molecule has 21 heavy (non-hydrogen) atoms. The summed E-state index contributed by atoms with van der Waals surface area (Å²) >= 11 is 0. The first kappa shape index (κ1) is 13.5. The summed E-state index contributed by atoms with van der Waals surface area (Å²) in [6.45, 7) is 0. The number of para-hydroxylation sites is 1. The molecule has 1 heterocycles. The minimum Gasteiger partial charge on any atom is -0.480 e. The van der Waals surface area contributed by atoms with Gasteiger partial charge >= 0.3 is 5.97 Å². The Morgan fingerprint density at radius 1 is 1.19 bits per heavy atom. The van der Waals surface area contributed by atoms with Gasteiger partial charge in [-0.3, -0.25) is 0 Å². The molecule has 1 aliphatic rings. The number of carboxylic acids is 1. The Morgan fingerprint density at radius 2 is 1.90 bits per heavy atom. The highest BCUT2D eigenvalue weighted by Crippen LogP contribution is 2.31. The number of hydrogen-bond donors (Lipinski definition) is 2. The van der Waals surface area contributed by atoms with Gasteiger partial charge in [-0.2, -0.15) is 4.68 Å². The molecule has 110 valence electrons. The highest BCUT2D eigenvalue weighted by Gasteiger charge is 2.40. The van der Waals surface area contributed by atoms with Crippen molar-refractivity contribution in [2.45, 2.75) is 37.6 Å². The van der Waals surface area contributed by atoms with Gasteiger partial charge in [0.15, 0.2) is 0 Å². The molecule has 1 fully saturated rings.